The van der Waals surface area contributed by atoms with E-state index < -0.39 is 0 Å². The predicted octanol–water partition coefficient (Wildman–Crippen LogP) is 1.26. The third kappa shape index (κ3) is 2.82. The summed E-state index contributed by atoms with van der Waals surface area (Å²) in [5, 5.41) is 3.02. The van der Waals surface area contributed by atoms with Crippen molar-refractivity contribution in [2.45, 2.75) is 19.9 Å². The van der Waals surface area contributed by atoms with Crippen molar-refractivity contribution < 1.29 is 4.42 Å². The van der Waals surface area contributed by atoms with Crippen LogP contribution in [0.15, 0.2) is 27.8 Å². The van der Waals surface area contributed by atoms with Gasteiger partial charge < -0.3 is 15.5 Å². The largest absolute Gasteiger partial charge is 0.467 e. The number of aliphatic imine (C=N–C) groups is 1. The molecule has 0 aliphatic rings. The van der Waals surface area contributed by atoms with E-state index in [0.717, 1.165) is 5.76 Å². The smallest absolute Gasteiger partial charge is 0.189 e. The summed E-state index contributed by atoms with van der Waals surface area (Å²) < 4.78 is 5.20. The lowest BCUT2D eigenvalue weighted by atomic mass is 10.2. The number of hydrogen-bond donors (Lipinski definition) is 2. The quantitative estimate of drug-likeness (QED) is 0.545. The highest BCUT2D eigenvalue weighted by Gasteiger charge is 2.07. The van der Waals surface area contributed by atoms with Crippen LogP contribution in [0.4, 0.5) is 0 Å². The maximum absolute atomic E-state index is 5.59. The third-order valence-corrected chi connectivity index (χ3v) is 1.66. The molecule has 1 rings (SSSR count). The van der Waals surface area contributed by atoms with Gasteiger partial charge >= 0.3 is 0 Å². The summed E-state index contributed by atoms with van der Waals surface area (Å²) in [6.45, 7) is 4.59. The maximum atomic E-state index is 5.59. The van der Waals surface area contributed by atoms with E-state index in [2.05, 4.69) is 10.3 Å². The van der Waals surface area contributed by atoms with Gasteiger partial charge in [-0.15, -0.1) is 0 Å². The van der Waals surface area contributed by atoms with Crippen LogP contribution >= 0.6 is 0 Å². The lowest BCUT2D eigenvalue weighted by Crippen LogP contribution is -2.33. The standard InChI is InChI=1S/C9H15N3O/c1-3-11-9(10)12-7(2)8-5-4-6-13-8/h4-7H,3H2,1-2H3,(H3,10,11,12). The number of guanidine groups is 1. The molecule has 3 N–H and O–H groups in total. The number of hydrogen-bond acceptors (Lipinski definition) is 2. The fourth-order valence-electron chi connectivity index (χ4n) is 1.05. The van der Waals surface area contributed by atoms with Gasteiger partial charge in [-0.3, -0.25) is 4.99 Å². The van der Waals surface area contributed by atoms with E-state index in [1.54, 1.807) is 6.26 Å². The average Bonchev–Trinajstić information content (AvgIpc) is 2.55. The Labute approximate surface area is 77.8 Å². The van der Waals surface area contributed by atoms with Crippen molar-refractivity contribution in [3.63, 3.8) is 0 Å². The zero-order valence-corrected chi connectivity index (χ0v) is 7.95. The number of nitrogens with zero attached hydrogens (tertiary/aromatic N) is 1. The van der Waals surface area contributed by atoms with Gasteiger partial charge in [0.1, 0.15) is 5.76 Å². The molecule has 0 radical (unpaired) electrons. The van der Waals surface area contributed by atoms with Crippen molar-refractivity contribution >= 4 is 5.96 Å². The Kier molecular flexibility index (Phi) is 3.37. The molecule has 0 aliphatic heterocycles. The molecule has 0 bridgehead atoms. The molecule has 0 fully saturated rings. The van der Waals surface area contributed by atoms with Crippen molar-refractivity contribution in [1.29, 1.82) is 0 Å². The Morgan fingerprint density at radius 3 is 3.08 bits per heavy atom. The number of furan rings is 1. The average molecular weight is 181 g/mol. The lowest BCUT2D eigenvalue weighted by molar-refractivity contribution is 0.462. The molecule has 0 amide bonds. The van der Waals surface area contributed by atoms with Crippen LogP contribution < -0.4 is 11.1 Å². The van der Waals surface area contributed by atoms with Crippen LogP contribution in [0.2, 0.25) is 0 Å². The van der Waals surface area contributed by atoms with Crippen LogP contribution in [-0.4, -0.2) is 12.5 Å². The van der Waals surface area contributed by atoms with Crippen molar-refractivity contribution in [3.05, 3.63) is 24.2 Å². The number of nitrogens with two attached hydrogens (primary N) is 1. The summed E-state index contributed by atoms with van der Waals surface area (Å²) >= 11 is 0. The van der Waals surface area contributed by atoms with Crippen LogP contribution in [0, 0.1) is 0 Å². The molecule has 0 aliphatic carbocycles. The Hall–Kier alpha value is -1.45. The van der Waals surface area contributed by atoms with Gasteiger partial charge in [-0.2, -0.15) is 0 Å². The molecular weight excluding hydrogens is 166 g/mol. The van der Waals surface area contributed by atoms with Gasteiger partial charge in [-0.1, -0.05) is 0 Å². The van der Waals surface area contributed by atoms with Gasteiger partial charge in [0.2, 0.25) is 0 Å². The van der Waals surface area contributed by atoms with E-state index in [1.165, 1.54) is 0 Å². The predicted molar refractivity (Wildman–Crippen MR) is 52.4 cm³/mol. The lowest BCUT2D eigenvalue weighted by Gasteiger charge is -2.11. The molecule has 72 valence electrons. The molecule has 0 spiro atoms. The van der Waals surface area contributed by atoms with Crippen molar-refractivity contribution in [1.82, 2.24) is 5.32 Å². The molecule has 1 unspecified atom stereocenters. The van der Waals surface area contributed by atoms with Gasteiger partial charge in [0.05, 0.1) is 12.3 Å². The van der Waals surface area contributed by atoms with Crippen LogP contribution in [-0.2, 0) is 0 Å². The molecule has 4 nitrogen and oxygen atoms in total. The molecule has 4 heteroatoms. The minimum atomic E-state index is 0.0605. The van der Waals surface area contributed by atoms with Gasteiger partial charge in [0.25, 0.3) is 0 Å². The summed E-state index contributed by atoms with van der Waals surface area (Å²) in [5.41, 5.74) is 5.59. The molecule has 1 aromatic rings. The van der Waals surface area contributed by atoms with E-state index in [-0.39, 0.29) is 6.04 Å². The normalized spacial score (nSPS) is 14.2. The van der Waals surface area contributed by atoms with E-state index >= 15 is 0 Å². The first-order valence-electron chi connectivity index (χ1n) is 4.34. The SMILES string of the molecule is CCN=C(N)NC(C)c1ccco1. The molecule has 13 heavy (non-hydrogen) atoms. The fourth-order valence-corrected chi connectivity index (χ4v) is 1.05. The molecule has 1 atom stereocenters. The first-order chi connectivity index (χ1) is 6.24. The highest BCUT2D eigenvalue weighted by atomic mass is 16.3. The van der Waals surface area contributed by atoms with Crippen LogP contribution in [0.5, 0.6) is 0 Å². The topological polar surface area (TPSA) is 63.5 Å². The van der Waals surface area contributed by atoms with E-state index in [1.807, 2.05) is 26.0 Å². The molecule has 1 aromatic heterocycles. The molecule has 0 saturated carbocycles. The first-order valence-corrected chi connectivity index (χ1v) is 4.34. The number of nitrogens with one attached hydrogen (secondary N) is 1. The van der Waals surface area contributed by atoms with Crippen LogP contribution in [0.1, 0.15) is 25.6 Å². The van der Waals surface area contributed by atoms with Gasteiger partial charge in [-0.05, 0) is 26.0 Å². The van der Waals surface area contributed by atoms with Crippen LogP contribution in [0.3, 0.4) is 0 Å². The first kappa shape index (κ1) is 9.64. The van der Waals surface area contributed by atoms with Crippen molar-refractivity contribution in [2.75, 3.05) is 6.54 Å². The Bertz CT molecular complexity index is 266. The second-order valence-electron chi connectivity index (χ2n) is 2.74. The molecule has 1 heterocycles. The summed E-state index contributed by atoms with van der Waals surface area (Å²) in [7, 11) is 0. The third-order valence-electron chi connectivity index (χ3n) is 1.66. The van der Waals surface area contributed by atoms with Gasteiger partial charge in [0.15, 0.2) is 5.96 Å². The van der Waals surface area contributed by atoms with Crippen molar-refractivity contribution in [2.24, 2.45) is 10.7 Å². The summed E-state index contributed by atoms with van der Waals surface area (Å²) in [6.07, 6.45) is 1.64. The number of rotatable bonds is 3. The molecular formula is C9H15N3O. The Morgan fingerprint density at radius 1 is 1.77 bits per heavy atom. The second-order valence-corrected chi connectivity index (χ2v) is 2.74. The molecule has 0 aromatic carbocycles. The molecule has 0 saturated heterocycles. The van der Waals surface area contributed by atoms with Crippen LogP contribution in [0.25, 0.3) is 0 Å². The van der Waals surface area contributed by atoms with Gasteiger partial charge in [-0.25, -0.2) is 0 Å². The zero-order chi connectivity index (χ0) is 9.68. The van der Waals surface area contributed by atoms with Gasteiger partial charge in [0, 0.05) is 6.54 Å². The van der Waals surface area contributed by atoms with E-state index in [0.29, 0.717) is 12.5 Å². The van der Waals surface area contributed by atoms with E-state index in [4.69, 9.17) is 10.2 Å². The summed E-state index contributed by atoms with van der Waals surface area (Å²) in [6, 6.07) is 3.81. The highest BCUT2D eigenvalue weighted by Crippen LogP contribution is 2.11. The summed E-state index contributed by atoms with van der Waals surface area (Å²) in [4.78, 5) is 4.02. The summed E-state index contributed by atoms with van der Waals surface area (Å²) in [5.74, 6) is 1.31. The van der Waals surface area contributed by atoms with E-state index in [9.17, 15) is 0 Å². The Morgan fingerprint density at radius 2 is 2.54 bits per heavy atom. The highest BCUT2D eigenvalue weighted by molar-refractivity contribution is 5.78. The zero-order valence-electron chi connectivity index (χ0n) is 7.95. The second kappa shape index (κ2) is 4.54. The monoisotopic (exact) mass is 181 g/mol. The van der Waals surface area contributed by atoms with Crippen molar-refractivity contribution in [3.8, 4) is 0 Å². The minimum absolute atomic E-state index is 0.0605. The Balaban J connectivity index is 2.51. The fraction of sp³-hybridized carbons (Fsp3) is 0.444. The maximum Gasteiger partial charge on any atom is 0.189 e. The minimum Gasteiger partial charge on any atom is -0.467 e.